The molecule has 4 heteroatoms. The van der Waals surface area contributed by atoms with Crippen LogP contribution in [0.3, 0.4) is 0 Å². The fourth-order valence-corrected chi connectivity index (χ4v) is 1.57. The minimum absolute atomic E-state index is 0.0204. The average molecular weight is 209 g/mol. The third-order valence-corrected chi connectivity index (χ3v) is 2.36. The van der Waals surface area contributed by atoms with Gasteiger partial charge in [-0.3, -0.25) is 4.79 Å². The van der Waals surface area contributed by atoms with Gasteiger partial charge in [0.2, 0.25) is 5.78 Å². The minimum atomic E-state index is -0.0204. The SMILES string of the molecule is CCCn1ccnc1C(=O)C(C)CNC. The van der Waals surface area contributed by atoms with Crippen LogP contribution in [-0.4, -0.2) is 28.9 Å². The first-order chi connectivity index (χ1) is 7.20. The Hall–Kier alpha value is -1.16. The lowest BCUT2D eigenvalue weighted by molar-refractivity contribution is 0.0915. The zero-order valence-electron chi connectivity index (χ0n) is 9.66. The number of ketones is 1. The number of Topliss-reactive ketones (excluding diaryl/α,β-unsaturated/α-hetero) is 1. The Bertz CT molecular complexity index is 319. The molecule has 0 amide bonds. The zero-order valence-corrected chi connectivity index (χ0v) is 9.66. The number of imidazole rings is 1. The van der Waals surface area contributed by atoms with E-state index in [-0.39, 0.29) is 11.7 Å². The molecule has 15 heavy (non-hydrogen) atoms. The number of aromatic nitrogens is 2. The van der Waals surface area contributed by atoms with Gasteiger partial charge in [0.1, 0.15) is 0 Å². The van der Waals surface area contributed by atoms with Gasteiger partial charge in [-0.25, -0.2) is 4.98 Å². The molecule has 0 saturated heterocycles. The molecule has 0 fully saturated rings. The Morgan fingerprint density at radius 2 is 2.40 bits per heavy atom. The van der Waals surface area contributed by atoms with Gasteiger partial charge in [0.25, 0.3) is 0 Å². The van der Waals surface area contributed by atoms with E-state index < -0.39 is 0 Å². The summed E-state index contributed by atoms with van der Waals surface area (Å²) in [6, 6.07) is 0. The summed E-state index contributed by atoms with van der Waals surface area (Å²) in [5.41, 5.74) is 0. The number of hydrogen-bond donors (Lipinski definition) is 1. The molecule has 0 spiro atoms. The van der Waals surface area contributed by atoms with Gasteiger partial charge in [-0.05, 0) is 13.5 Å². The van der Waals surface area contributed by atoms with E-state index in [9.17, 15) is 4.79 Å². The summed E-state index contributed by atoms with van der Waals surface area (Å²) in [4.78, 5) is 16.1. The molecule has 84 valence electrons. The molecule has 1 atom stereocenters. The first kappa shape index (κ1) is 11.9. The van der Waals surface area contributed by atoms with Gasteiger partial charge in [0, 0.05) is 31.4 Å². The molecule has 1 N–H and O–H groups in total. The monoisotopic (exact) mass is 209 g/mol. The Labute approximate surface area is 90.7 Å². The summed E-state index contributed by atoms with van der Waals surface area (Å²) in [7, 11) is 1.85. The lowest BCUT2D eigenvalue weighted by Crippen LogP contribution is -2.26. The highest BCUT2D eigenvalue weighted by Crippen LogP contribution is 2.07. The van der Waals surface area contributed by atoms with Crippen LogP contribution in [-0.2, 0) is 6.54 Å². The van der Waals surface area contributed by atoms with E-state index in [0.29, 0.717) is 12.4 Å². The van der Waals surface area contributed by atoms with Crippen LogP contribution >= 0.6 is 0 Å². The molecule has 1 aromatic rings. The summed E-state index contributed by atoms with van der Waals surface area (Å²) in [6.07, 6.45) is 4.56. The summed E-state index contributed by atoms with van der Waals surface area (Å²) in [5, 5.41) is 3.00. The van der Waals surface area contributed by atoms with E-state index in [1.54, 1.807) is 6.20 Å². The maximum Gasteiger partial charge on any atom is 0.202 e. The molecule has 0 radical (unpaired) electrons. The van der Waals surface area contributed by atoms with Crippen molar-refractivity contribution in [3.05, 3.63) is 18.2 Å². The highest BCUT2D eigenvalue weighted by molar-refractivity contribution is 5.94. The van der Waals surface area contributed by atoms with Gasteiger partial charge >= 0.3 is 0 Å². The number of aryl methyl sites for hydroxylation is 1. The number of nitrogens with zero attached hydrogens (tertiary/aromatic N) is 2. The second-order valence-electron chi connectivity index (χ2n) is 3.77. The Morgan fingerprint density at radius 1 is 1.67 bits per heavy atom. The van der Waals surface area contributed by atoms with Crippen molar-refractivity contribution in [2.75, 3.05) is 13.6 Å². The molecule has 1 heterocycles. The maximum atomic E-state index is 12.0. The third kappa shape index (κ3) is 2.89. The van der Waals surface area contributed by atoms with Gasteiger partial charge in [-0.15, -0.1) is 0 Å². The molecule has 0 aliphatic rings. The van der Waals surface area contributed by atoms with Crippen molar-refractivity contribution >= 4 is 5.78 Å². The second-order valence-corrected chi connectivity index (χ2v) is 3.77. The maximum absolute atomic E-state index is 12.0. The van der Waals surface area contributed by atoms with E-state index in [4.69, 9.17) is 0 Å². The number of carbonyl (C=O) groups is 1. The number of hydrogen-bond acceptors (Lipinski definition) is 3. The number of nitrogens with one attached hydrogen (secondary N) is 1. The standard InChI is InChI=1S/C11H19N3O/c1-4-6-14-7-5-13-11(14)10(15)9(2)8-12-3/h5,7,9,12H,4,6,8H2,1-3H3. The molecule has 0 saturated carbocycles. The second kappa shape index (κ2) is 5.66. The molecule has 1 unspecified atom stereocenters. The van der Waals surface area contributed by atoms with Crippen LogP contribution in [0.25, 0.3) is 0 Å². The lowest BCUT2D eigenvalue weighted by atomic mass is 10.1. The van der Waals surface area contributed by atoms with E-state index >= 15 is 0 Å². The molecule has 4 nitrogen and oxygen atoms in total. The Kier molecular flexibility index (Phi) is 4.49. The van der Waals surface area contributed by atoms with Crippen LogP contribution in [0.15, 0.2) is 12.4 Å². The van der Waals surface area contributed by atoms with E-state index in [1.807, 2.05) is 24.7 Å². The van der Waals surface area contributed by atoms with Crippen molar-refractivity contribution < 1.29 is 4.79 Å². The number of carbonyl (C=O) groups excluding carboxylic acids is 1. The Balaban J connectivity index is 2.76. The normalized spacial score (nSPS) is 12.7. The number of rotatable bonds is 6. The van der Waals surface area contributed by atoms with Gasteiger partial charge in [-0.2, -0.15) is 0 Å². The molecule has 0 aliphatic carbocycles. The van der Waals surface area contributed by atoms with Crippen LogP contribution in [0.2, 0.25) is 0 Å². The predicted molar refractivity (Wildman–Crippen MR) is 59.9 cm³/mol. The molecular weight excluding hydrogens is 190 g/mol. The van der Waals surface area contributed by atoms with Crippen molar-refractivity contribution in [1.29, 1.82) is 0 Å². The van der Waals surface area contributed by atoms with E-state index in [1.165, 1.54) is 0 Å². The van der Waals surface area contributed by atoms with Crippen LogP contribution in [0, 0.1) is 5.92 Å². The van der Waals surface area contributed by atoms with Crippen molar-refractivity contribution in [2.45, 2.75) is 26.8 Å². The van der Waals surface area contributed by atoms with Crippen LogP contribution < -0.4 is 5.32 Å². The van der Waals surface area contributed by atoms with E-state index in [0.717, 1.165) is 13.0 Å². The van der Waals surface area contributed by atoms with Gasteiger partial charge < -0.3 is 9.88 Å². The van der Waals surface area contributed by atoms with Gasteiger partial charge in [-0.1, -0.05) is 13.8 Å². The average Bonchev–Trinajstić information content (AvgIpc) is 2.66. The largest absolute Gasteiger partial charge is 0.329 e. The first-order valence-electron chi connectivity index (χ1n) is 5.40. The summed E-state index contributed by atoms with van der Waals surface area (Å²) in [6.45, 7) is 5.56. The lowest BCUT2D eigenvalue weighted by Gasteiger charge is -2.10. The third-order valence-electron chi connectivity index (χ3n) is 2.36. The molecular formula is C11H19N3O. The van der Waals surface area contributed by atoms with Crippen molar-refractivity contribution in [1.82, 2.24) is 14.9 Å². The van der Waals surface area contributed by atoms with E-state index in [2.05, 4.69) is 17.2 Å². The fraction of sp³-hybridized carbons (Fsp3) is 0.636. The first-order valence-corrected chi connectivity index (χ1v) is 5.40. The van der Waals surface area contributed by atoms with Crippen LogP contribution in [0.5, 0.6) is 0 Å². The smallest absolute Gasteiger partial charge is 0.202 e. The highest BCUT2D eigenvalue weighted by atomic mass is 16.1. The molecule has 1 rings (SSSR count). The molecule has 0 aromatic carbocycles. The fourth-order valence-electron chi connectivity index (χ4n) is 1.57. The van der Waals surface area contributed by atoms with Crippen molar-refractivity contribution in [3.63, 3.8) is 0 Å². The summed E-state index contributed by atoms with van der Waals surface area (Å²) < 4.78 is 1.93. The Morgan fingerprint density at radius 3 is 3.00 bits per heavy atom. The van der Waals surface area contributed by atoms with Crippen molar-refractivity contribution in [3.8, 4) is 0 Å². The van der Waals surface area contributed by atoms with Gasteiger partial charge in [0.15, 0.2) is 5.82 Å². The van der Waals surface area contributed by atoms with Crippen molar-refractivity contribution in [2.24, 2.45) is 5.92 Å². The zero-order chi connectivity index (χ0) is 11.3. The van der Waals surface area contributed by atoms with Gasteiger partial charge in [0.05, 0.1) is 0 Å². The topological polar surface area (TPSA) is 46.9 Å². The van der Waals surface area contributed by atoms with Crippen LogP contribution in [0.1, 0.15) is 30.9 Å². The predicted octanol–water partition coefficient (Wildman–Crippen LogP) is 1.33. The quantitative estimate of drug-likeness (QED) is 0.719. The molecule has 0 aliphatic heterocycles. The summed E-state index contributed by atoms with van der Waals surface area (Å²) in [5.74, 6) is 0.676. The molecule has 0 bridgehead atoms. The van der Waals surface area contributed by atoms with Crippen LogP contribution in [0.4, 0.5) is 0 Å². The minimum Gasteiger partial charge on any atom is -0.329 e. The summed E-state index contributed by atoms with van der Waals surface area (Å²) >= 11 is 0. The molecule has 1 aromatic heterocycles. The highest BCUT2D eigenvalue weighted by Gasteiger charge is 2.18.